The Morgan fingerprint density at radius 2 is 2.00 bits per heavy atom. The van der Waals surface area contributed by atoms with Crippen molar-refractivity contribution in [2.24, 2.45) is 13.0 Å². The minimum Gasteiger partial charge on any atom is -0.346 e. The first-order chi connectivity index (χ1) is 12.4. The average molecular weight is 355 g/mol. The summed E-state index contributed by atoms with van der Waals surface area (Å²) in [5, 5.41) is 7.53. The lowest BCUT2D eigenvalue weighted by Gasteiger charge is -2.22. The first-order valence-corrected chi connectivity index (χ1v) is 9.15. The van der Waals surface area contributed by atoms with E-state index < -0.39 is 0 Å². The smallest absolute Gasteiger partial charge is 0.269 e. The van der Waals surface area contributed by atoms with Crippen molar-refractivity contribution in [3.8, 4) is 0 Å². The van der Waals surface area contributed by atoms with Crippen molar-refractivity contribution < 1.29 is 4.79 Å². The molecule has 140 valence electrons. The van der Waals surface area contributed by atoms with Gasteiger partial charge in [0.15, 0.2) is 0 Å². The lowest BCUT2D eigenvalue weighted by molar-refractivity contribution is 0.0917. The molecule has 1 aromatic carbocycles. The average Bonchev–Trinajstić information content (AvgIpc) is 3.10. The third-order valence-corrected chi connectivity index (χ3v) is 4.92. The van der Waals surface area contributed by atoms with Gasteiger partial charge in [-0.05, 0) is 32.6 Å². The molecule has 1 aliphatic heterocycles. The molecule has 1 aromatic heterocycles. The van der Waals surface area contributed by atoms with Crippen LogP contribution in [-0.2, 0) is 13.6 Å². The number of benzene rings is 1. The Kier molecular flexibility index (Phi) is 5.74. The SMILES string of the molecule is Cc1cc(C(=O)N[C@@H]2CN(Cc3ccccc3)C[C@H]2CN(C)C)n(C)n1. The van der Waals surface area contributed by atoms with E-state index in [0.717, 1.165) is 31.9 Å². The van der Waals surface area contributed by atoms with Crippen molar-refractivity contribution in [1.29, 1.82) is 0 Å². The minimum atomic E-state index is -0.0385. The van der Waals surface area contributed by atoms with Crippen molar-refractivity contribution in [2.45, 2.75) is 19.5 Å². The van der Waals surface area contributed by atoms with E-state index in [1.165, 1.54) is 5.56 Å². The Labute approximate surface area is 155 Å². The van der Waals surface area contributed by atoms with E-state index in [0.29, 0.717) is 11.6 Å². The monoisotopic (exact) mass is 355 g/mol. The van der Waals surface area contributed by atoms with Gasteiger partial charge in [0.2, 0.25) is 0 Å². The summed E-state index contributed by atoms with van der Waals surface area (Å²) in [4.78, 5) is 17.4. The molecule has 2 aromatic rings. The molecule has 0 unspecified atom stereocenters. The Morgan fingerprint density at radius 1 is 1.27 bits per heavy atom. The number of nitrogens with one attached hydrogen (secondary N) is 1. The fourth-order valence-corrected chi connectivity index (χ4v) is 3.81. The molecule has 0 radical (unpaired) electrons. The predicted molar refractivity (Wildman–Crippen MR) is 103 cm³/mol. The minimum absolute atomic E-state index is 0.0385. The molecule has 1 fully saturated rings. The van der Waals surface area contributed by atoms with Crippen molar-refractivity contribution in [3.63, 3.8) is 0 Å². The molecule has 3 rings (SSSR count). The molecular weight excluding hydrogens is 326 g/mol. The van der Waals surface area contributed by atoms with E-state index in [1.54, 1.807) is 4.68 Å². The molecular formula is C20H29N5O. The van der Waals surface area contributed by atoms with E-state index in [2.05, 4.69) is 58.6 Å². The molecule has 26 heavy (non-hydrogen) atoms. The predicted octanol–water partition coefficient (Wildman–Crippen LogP) is 1.52. The molecule has 6 nitrogen and oxygen atoms in total. The maximum absolute atomic E-state index is 12.7. The normalized spacial score (nSPS) is 20.7. The van der Waals surface area contributed by atoms with Gasteiger partial charge < -0.3 is 10.2 Å². The maximum atomic E-state index is 12.7. The highest BCUT2D eigenvalue weighted by molar-refractivity contribution is 5.92. The van der Waals surface area contributed by atoms with E-state index in [4.69, 9.17) is 0 Å². The molecule has 1 aliphatic rings. The molecule has 0 saturated carbocycles. The number of rotatable bonds is 6. The van der Waals surface area contributed by atoms with E-state index in [1.807, 2.05) is 26.1 Å². The van der Waals surface area contributed by atoms with Crippen LogP contribution in [-0.4, -0.2) is 65.3 Å². The van der Waals surface area contributed by atoms with Crippen molar-refractivity contribution in [3.05, 3.63) is 53.3 Å². The summed E-state index contributed by atoms with van der Waals surface area (Å²) >= 11 is 0. The fraction of sp³-hybridized carbons (Fsp3) is 0.500. The Balaban J connectivity index is 1.68. The van der Waals surface area contributed by atoms with Crippen molar-refractivity contribution in [1.82, 2.24) is 24.9 Å². The molecule has 6 heteroatoms. The zero-order valence-corrected chi connectivity index (χ0v) is 16.1. The van der Waals surface area contributed by atoms with Gasteiger partial charge in [0, 0.05) is 45.2 Å². The second-order valence-corrected chi connectivity index (χ2v) is 7.58. The largest absolute Gasteiger partial charge is 0.346 e. The van der Waals surface area contributed by atoms with Gasteiger partial charge in [-0.1, -0.05) is 30.3 Å². The number of likely N-dealkylation sites (tertiary alicyclic amines) is 1. The van der Waals surface area contributed by atoms with Gasteiger partial charge in [-0.25, -0.2) is 0 Å². The van der Waals surface area contributed by atoms with Crippen LogP contribution in [0.2, 0.25) is 0 Å². The first-order valence-electron chi connectivity index (χ1n) is 9.15. The lowest BCUT2D eigenvalue weighted by Crippen LogP contribution is -2.43. The molecule has 2 heterocycles. The van der Waals surface area contributed by atoms with Gasteiger partial charge in [0.25, 0.3) is 5.91 Å². The summed E-state index contributed by atoms with van der Waals surface area (Å²) in [5.41, 5.74) is 2.79. The maximum Gasteiger partial charge on any atom is 0.269 e. The van der Waals surface area contributed by atoms with Crippen molar-refractivity contribution >= 4 is 5.91 Å². The summed E-state index contributed by atoms with van der Waals surface area (Å²) in [6.45, 7) is 5.64. The van der Waals surface area contributed by atoms with Crippen LogP contribution in [0.15, 0.2) is 36.4 Å². The van der Waals surface area contributed by atoms with E-state index in [9.17, 15) is 4.79 Å². The molecule has 2 atom stereocenters. The van der Waals surface area contributed by atoms with Gasteiger partial charge in [-0.2, -0.15) is 5.10 Å². The number of carbonyl (C=O) groups is 1. The number of nitrogens with zero attached hydrogens (tertiary/aromatic N) is 4. The van der Waals surface area contributed by atoms with Gasteiger partial charge in [0.05, 0.1) is 5.69 Å². The summed E-state index contributed by atoms with van der Waals surface area (Å²) in [6.07, 6.45) is 0. The number of carbonyl (C=O) groups excluding carboxylic acids is 1. The molecule has 1 saturated heterocycles. The van der Waals surface area contributed by atoms with Crippen molar-refractivity contribution in [2.75, 3.05) is 33.7 Å². The zero-order chi connectivity index (χ0) is 18.7. The zero-order valence-electron chi connectivity index (χ0n) is 16.1. The lowest BCUT2D eigenvalue weighted by atomic mass is 10.0. The number of hydrogen-bond donors (Lipinski definition) is 1. The summed E-state index contributed by atoms with van der Waals surface area (Å²) in [7, 11) is 5.99. The number of amides is 1. The number of aryl methyl sites for hydroxylation is 2. The van der Waals surface area contributed by atoms with Crippen LogP contribution >= 0.6 is 0 Å². The van der Waals surface area contributed by atoms with Gasteiger partial charge in [-0.3, -0.25) is 14.4 Å². The van der Waals surface area contributed by atoms with Crippen LogP contribution in [0.3, 0.4) is 0 Å². The van der Waals surface area contributed by atoms with Crippen LogP contribution in [0.5, 0.6) is 0 Å². The third-order valence-electron chi connectivity index (χ3n) is 4.92. The second-order valence-electron chi connectivity index (χ2n) is 7.58. The third kappa shape index (κ3) is 4.51. The van der Waals surface area contributed by atoms with Crippen LogP contribution in [0.25, 0.3) is 0 Å². The van der Waals surface area contributed by atoms with Crippen LogP contribution < -0.4 is 5.32 Å². The molecule has 0 spiro atoms. The van der Waals surface area contributed by atoms with E-state index in [-0.39, 0.29) is 11.9 Å². The van der Waals surface area contributed by atoms with Gasteiger partial charge in [-0.15, -0.1) is 0 Å². The highest BCUT2D eigenvalue weighted by atomic mass is 16.2. The van der Waals surface area contributed by atoms with Crippen LogP contribution in [0.1, 0.15) is 21.7 Å². The highest BCUT2D eigenvalue weighted by Gasteiger charge is 2.34. The van der Waals surface area contributed by atoms with E-state index >= 15 is 0 Å². The van der Waals surface area contributed by atoms with Gasteiger partial charge in [0.1, 0.15) is 5.69 Å². The quantitative estimate of drug-likeness (QED) is 0.854. The fourth-order valence-electron chi connectivity index (χ4n) is 3.81. The van der Waals surface area contributed by atoms with Gasteiger partial charge >= 0.3 is 0 Å². The first kappa shape index (κ1) is 18.6. The molecule has 1 N–H and O–H groups in total. The standard InChI is InChI=1S/C20H29N5O/c1-15-10-19(24(4)22-15)20(26)21-18-14-25(13-17(18)12-23(2)3)11-16-8-6-5-7-9-16/h5-10,17-18H,11-14H2,1-4H3,(H,21,26)/t17-,18-/m1/s1. The highest BCUT2D eigenvalue weighted by Crippen LogP contribution is 2.21. The van der Waals surface area contributed by atoms with Crippen LogP contribution in [0, 0.1) is 12.8 Å². The van der Waals surface area contributed by atoms with Crippen LogP contribution in [0.4, 0.5) is 0 Å². The molecule has 0 aliphatic carbocycles. The Hall–Kier alpha value is -2.18. The Morgan fingerprint density at radius 3 is 2.62 bits per heavy atom. The molecule has 0 bridgehead atoms. The summed E-state index contributed by atoms with van der Waals surface area (Å²) in [5.74, 6) is 0.371. The second kappa shape index (κ2) is 8.01. The number of hydrogen-bond acceptors (Lipinski definition) is 4. The Bertz CT molecular complexity index is 740. The summed E-state index contributed by atoms with van der Waals surface area (Å²) < 4.78 is 1.66. The topological polar surface area (TPSA) is 53.4 Å². The summed E-state index contributed by atoms with van der Waals surface area (Å²) in [6, 6.07) is 12.5. The molecule has 1 amide bonds. The number of aromatic nitrogens is 2.